The van der Waals surface area contributed by atoms with Crippen molar-refractivity contribution < 1.29 is 9.90 Å². The fourth-order valence-electron chi connectivity index (χ4n) is 0.834. The van der Waals surface area contributed by atoms with Crippen LogP contribution in [0.2, 0.25) is 0 Å². The molecule has 0 aliphatic carbocycles. The molecule has 0 aliphatic rings. The maximum Gasteiger partial charge on any atom is 0.335 e. The van der Waals surface area contributed by atoms with Gasteiger partial charge in [0.15, 0.2) is 0 Å². The lowest BCUT2D eigenvalue weighted by molar-refractivity contribution is 0.0697. The Bertz CT molecular complexity index is 363. The molecular weight excluding hydrogens is 192 g/mol. The first-order valence-electron chi connectivity index (χ1n) is 4.30. The molecule has 4 nitrogen and oxygen atoms in total. The van der Waals surface area contributed by atoms with Crippen molar-refractivity contribution in [1.82, 2.24) is 10.2 Å². The van der Waals surface area contributed by atoms with E-state index < -0.39 is 5.97 Å². The summed E-state index contributed by atoms with van der Waals surface area (Å²) in [6.07, 6.45) is 3.28. The van der Waals surface area contributed by atoms with Gasteiger partial charge < -0.3 is 5.11 Å². The third kappa shape index (κ3) is 4.52. The van der Waals surface area contributed by atoms with Crippen molar-refractivity contribution in [3.05, 3.63) is 60.4 Å². The van der Waals surface area contributed by atoms with Crippen LogP contribution in [0.3, 0.4) is 0 Å². The lowest BCUT2D eigenvalue weighted by Crippen LogP contribution is -1.93. The molecule has 0 bridgehead atoms. The fraction of sp³-hybridized carbons (Fsp3) is 0. The summed E-state index contributed by atoms with van der Waals surface area (Å²) in [4.78, 5) is 10.2. The lowest BCUT2D eigenvalue weighted by atomic mass is 10.2. The average molecular weight is 202 g/mol. The van der Waals surface area contributed by atoms with Gasteiger partial charge in [-0.05, 0) is 24.3 Å². The van der Waals surface area contributed by atoms with Crippen molar-refractivity contribution in [2.24, 2.45) is 0 Å². The summed E-state index contributed by atoms with van der Waals surface area (Å²) in [6.45, 7) is 0. The maximum atomic E-state index is 10.2. The number of carboxylic acids is 1. The van der Waals surface area contributed by atoms with E-state index in [0.29, 0.717) is 5.56 Å². The van der Waals surface area contributed by atoms with Crippen LogP contribution < -0.4 is 0 Å². The van der Waals surface area contributed by atoms with Crippen molar-refractivity contribution in [1.29, 1.82) is 0 Å². The molecule has 0 radical (unpaired) electrons. The normalized spacial score (nSPS) is 8.53. The molecule has 1 N–H and O–H groups in total. The SMILES string of the molecule is O=C(O)c1ccccc1.c1ccnnc1. The van der Waals surface area contributed by atoms with E-state index in [4.69, 9.17) is 5.11 Å². The number of hydrogen-bond donors (Lipinski definition) is 1. The zero-order valence-electron chi connectivity index (χ0n) is 7.95. The second kappa shape index (κ2) is 6.26. The molecule has 2 aromatic rings. The molecule has 0 atom stereocenters. The van der Waals surface area contributed by atoms with Crippen molar-refractivity contribution >= 4 is 5.97 Å². The van der Waals surface area contributed by atoms with Gasteiger partial charge in [-0.3, -0.25) is 0 Å². The Labute approximate surface area is 87.2 Å². The first-order valence-corrected chi connectivity index (χ1v) is 4.30. The maximum absolute atomic E-state index is 10.2. The molecule has 1 heterocycles. The standard InChI is InChI=1S/C7H6O2.C4H4N2/c8-7(9)6-4-2-1-3-5-6;1-2-4-6-5-3-1/h1-5H,(H,8,9);1-4H. The number of carboxylic acid groups (broad SMARTS) is 1. The van der Waals surface area contributed by atoms with E-state index in [2.05, 4.69) is 10.2 Å². The Morgan fingerprint density at radius 2 is 1.47 bits per heavy atom. The Balaban J connectivity index is 0.000000162. The minimum Gasteiger partial charge on any atom is -0.478 e. The van der Waals surface area contributed by atoms with Crippen LogP contribution in [0.25, 0.3) is 0 Å². The molecule has 2 rings (SSSR count). The zero-order valence-corrected chi connectivity index (χ0v) is 7.95. The van der Waals surface area contributed by atoms with Crippen LogP contribution in [0.1, 0.15) is 10.4 Å². The third-order valence-electron chi connectivity index (χ3n) is 1.50. The number of aromatic nitrogens is 2. The van der Waals surface area contributed by atoms with E-state index in [1.54, 1.807) is 42.7 Å². The number of nitrogens with zero attached hydrogens (tertiary/aromatic N) is 2. The number of rotatable bonds is 1. The van der Waals surface area contributed by atoms with Gasteiger partial charge in [-0.15, -0.1) is 0 Å². The molecule has 0 saturated carbocycles. The Morgan fingerprint density at radius 1 is 0.933 bits per heavy atom. The molecule has 0 amide bonds. The molecule has 76 valence electrons. The monoisotopic (exact) mass is 202 g/mol. The molecule has 0 unspecified atom stereocenters. The van der Waals surface area contributed by atoms with Gasteiger partial charge in [-0.1, -0.05) is 18.2 Å². The van der Waals surface area contributed by atoms with Crippen LogP contribution in [0.4, 0.5) is 0 Å². The molecule has 0 spiro atoms. The lowest BCUT2D eigenvalue weighted by Gasteiger charge is -1.88. The summed E-state index contributed by atoms with van der Waals surface area (Å²) in [7, 11) is 0. The molecule has 0 saturated heterocycles. The van der Waals surface area contributed by atoms with Crippen LogP contribution in [0.5, 0.6) is 0 Å². The van der Waals surface area contributed by atoms with Gasteiger partial charge in [-0.25, -0.2) is 4.79 Å². The predicted octanol–water partition coefficient (Wildman–Crippen LogP) is 1.86. The van der Waals surface area contributed by atoms with Crippen molar-refractivity contribution in [2.45, 2.75) is 0 Å². The van der Waals surface area contributed by atoms with Crippen molar-refractivity contribution in [2.75, 3.05) is 0 Å². The topological polar surface area (TPSA) is 63.1 Å². The van der Waals surface area contributed by atoms with Gasteiger partial charge in [0.05, 0.1) is 5.56 Å². The summed E-state index contributed by atoms with van der Waals surface area (Å²) in [5, 5.41) is 15.5. The van der Waals surface area contributed by atoms with Crippen LogP contribution in [-0.4, -0.2) is 21.3 Å². The van der Waals surface area contributed by atoms with Crippen LogP contribution in [0, 0.1) is 0 Å². The number of aromatic carboxylic acids is 1. The fourth-order valence-corrected chi connectivity index (χ4v) is 0.834. The highest BCUT2D eigenvalue weighted by Gasteiger charge is 1.96. The summed E-state index contributed by atoms with van der Waals surface area (Å²) in [6, 6.07) is 11.9. The molecule has 0 aliphatic heterocycles. The van der Waals surface area contributed by atoms with E-state index in [0.717, 1.165) is 0 Å². The molecular formula is C11H10N2O2. The van der Waals surface area contributed by atoms with Gasteiger partial charge in [-0.2, -0.15) is 10.2 Å². The summed E-state index contributed by atoms with van der Waals surface area (Å²) in [5.41, 5.74) is 0.331. The average Bonchev–Trinajstić information content (AvgIpc) is 2.33. The van der Waals surface area contributed by atoms with Crippen molar-refractivity contribution in [3.8, 4) is 0 Å². The first kappa shape index (κ1) is 10.8. The second-order valence-electron chi connectivity index (χ2n) is 2.59. The summed E-state index contributed by atoms with van der Waals surface area (Å²) >= 11 is 0. The van der Waals surface area contributed by atoms with E-state index in [1.165, 1.54) is 0 Å². The Kier molecular flexibility index (Phi) is 4.53. The van der Waals surface area contributed by atoms with E-state index >= 15 is 0 Å². The third-order valence-corrected chi connectivity index (χ3v) is 1.50. The predicted molar refractivity (Wildman–Crippen MR) is 55.4 cm³/mol. The molecule has 0 fully saturated rings. The van der Waals surface area contributed by atoms with Gasteiger partial charge in [0.1, 0.15) is 0 Å². The minimum absolute atomic E-state index is 0.331. The highest BCUT2D eigenvalue weighted by molar-refractivity contribution is 5.87. The number of carbonyl (C=O) groups is 1. The minimum atomic E-state index is -0.879. The van der Waals surface area contributed by atoms with Gasteiger partial charge in [0.25, 0.3) is 0 Å². The number of benzene rings is 1. The highest BCUT2D eigenvalue weighted by atomic mass is 16.4. The first-order chi connectivity index (χ1) is 7.30. The quantitative estimate of drug-likeness (QED) is 0.766. The second-order valence-corrected chi connectivity index (χ2v) is 2.59. The van der Waals surface area contributed by atoms with Crippen molar-refractivity contribution in [3.63, 3.8) is 0 Å². The van der Waals surface area contributed by atoms with E-state index in [1.807, 2.05) is 12.1 Å². The summed E-state index contributed by atoms with van der Waals surface area (Å²) in [5.74, 6) is -0.879. The highest BCUT2D eigenvalue weighted by Crippen LogP contribution is 1.96. The van der Waals surface area contributed by atoms with E-state index in [9.17, 15) is 4.79 Å². The molecule has 1 aromatic heterocycles. The Hall–Kier alpha value is -2.23. The number of hydrogen-bond acceptors (Lipinski definition) is 3. The van der Waals surface area contributed by atoms with Gasteiger partial charge in [0, 0.05) is 12.4 Å². The molecule has 1 aromatic carbocycles. The largest absolute Gasteiger partial charge is 0.478 e. The zero-order chi connectivity index (χ0) is 10.9. The van der Waals surface area contributed by atoms with Gasteiger partial charge >= 0.3 is 5.97 Å². The van der Waals surface area contributed by atoms with Gasteiger partial charge in [0.2, 0.25) is 0 Å². The molecule has 4 heteroatoms. The summed E-state index contributed by atoms with van der Waals surface area (Å²) < 4.78 is 0. The van der Waals surface area contributed by atoms with E-state index in [-0.39, 0.29) is 0 Å². The van der Waals surface area contributed by atoms with Crippen LogP contribution >= 0.6 is 0 Å². The molecule has 15 heavy (non-hydrogen) atoms. The van der Waals surface area contributed by atoms with Crippen LogP contribution in [0.15, 0.2) is 54.9 Å². The smallest absolute Gasteiger partial charge is 0.335 e. The Morgan fingerprint density at radius 3 is 1.73 bits per heavy atom. The van der Waals surface area contributed by atoms with Crippen LogP contribution in [-0.2, 0) is 0 Å².